The standard InChI is InChI=1S/C18H25N3O3/c22-18(19-14-6-7-16-17(12-14)24-13-23-16)21-10-8-20(9-11-21)15-4-2-1-3-5-15/h6-7,12,15H,1-5,8-11,13H2,(H,19,22)/p+1. The average Bonchev–Trinajstić information content (AvgIpc) is 3.10. The van der Waals surface area contributed by atoms with Gasteiger partial charge in [0, 0.05) is 11.8 Å². The molecule has 1 aromatic carbocycles. The summed E-state index contributed by atoms with van der Waals surface area (Å²) >= 11 is 0. The molecular formula is C18H26N3O3+. The van der Waals surface area contributed by atoms with Crippen LogP contribution in [0.5, 0.6) is 11.5 Å². The Balaban J connectivity index is 1.30. The second-order valence-corrected chi connectivity index (χ2v) is 6.98. The molecule has 6 heteroatoms. The Morgan fingerprint density at radius 3 is 2.62 bits per heavy atom. The molecule has 3 aliphatic rings. The molecule has 1 saturated heterocycles. The lowest BCUT2D eigenvalue weighted by Gasteiger charge is -2.37. The zero-order chi connectivity index (χ0) is 16.4. The zero-order valence-corrected chi connectivity index (χ0v) is 14.1. The number of ether oxygens (including phenoxy) is 2. The summed E-state index contributed by atoms with van der Waals surface area (Å²) in [5.74, 6) is 1.43. The van der Waals surface area contributed by atoms with Crippen molar-refractivity contribution >= 4 is 11.7 Å². The van der Waals surface area contributed by atoms with E-state index in [2.05, 4.69) is 5.32 Å². The van der Waals surface area contributed by atoms with Gasteiger partial charge in [-0.25, -0.2) is 4.79 Å². The third kappa shape index (κ3) is 3.29. The number of piperazine rings is 1. The van der Waals surface area contributed by atoms with E-state index in [1.807, 2.05) is 23.1 Å². The van der Waals surface area contributed by atoms with Gasteiger partial charge in [0.1, 0.15) is 0 Å². The van der Waals surface area contributed by atoms with Crippen LogP contribution in [-0.2, 0) is 0 Å². The molecule has 0 atom stereocenters. The summed E-state index contributed by atoms with van der Waals surface area (Å²) in [5.41, 5.74) is 0.756. The summed E-state index contributed by atoms with van der Waals surface area (Å²) in [6.07, 6.45) is 6.87. The fourth-order valence-corrected chi connectivity index (χ4v) is 4.09. The highest BCUT2D eigenvalue weighted by molar-refractivity contribution is 5.89. The molecule has 0 aromatic heterocycles. The summed E-state index contributed by atoms with van der Waals surface area (Å²) < 4.78 is 10.7. The Labute approximate surface area is 142 Å². The molecule has 0 spiro atoms. The van der Waals surface area contributed by atoms with Crippen LogP contribution in [0.15, 0.2) is 18.2 Å². The van der Waals surface area contributed by atoms with E-state index in [-0.39, 0.29) is 12.8 Å². The molecule has 2 amide bonds. The van der Waals surface area contributed by atoms with Crippen LogP contribution in [0.2, 0.25) is 0 Å². The van der Waals surface area contributed by atoms with Gasteiger partial charge < -0.3 is 24.6 Å². The number of benzene rings is 1. The molecule has 6 nitrogen and oxygen atoms in total. The van der Waals surface area contributed by atoms with Crippen molar-refractivity contribution in [3.05, 3.63) is 18.2 Å². The van der Waals surface area contributed by atoms with E-state index < -0.39 is 0 Å². The summed E-state index contributed by atoms with van der Waals surface area (Å²) in [7, 11) is 0. The predicted molar refractivity (Wildman–Crippen MR) is 90.7 cm³/mol. The van der Waals surface area contributed by atoms with Crippen LogP contribution in [0.25, 0.3) is 0 Å². The summed E-state index contributed by atoms with van der Waals surface area (Å²) in [6.45, 7) is 4.06. The quantitative estimate of drug-likeness (QED) is 0.863. The summed E-state index contributed by atoms with van der Waals surface area (Å²) in [6, 6.07) is 6.32. The van der Waals surface area contributed by atoms with Gasteiger partial charge in [-0.05, 0) is 37.8 Å². The number of urea groups is 1. The lowest BCUT2D eigenvalue weighted by molar-refractivity contribution is -0.930. The molecule has 0 bridgehead atoms. The number of carbonyl (C=O) groups is 1. The van der Waals surface area contributed by atoms with Crippen LogP contribution in [0.4, 0.5) is 10.5 Å². The van der Waals surface area contributed by atoms with Crippen LogP contribution in [-0.4, -0.2) is 49.9 Å². The van der Waals surface area contributed by atoms with Crippen LogP contribution < -0.4 is 19.7 Å². The van der Waals surface area contributed by atoms with E-state index in [1.165, 1.54) is 32.1 Å². The molecule has 4 rings (SSSR count). The SMILES string of the molecule is O=C(Nc1ccc2c(c1)OCO2)N1CC[NH+](C2CCCCC2)CC1. The topological polar surface area (TPSA) is 55.2 Å². The number of fused-ring (bicyclic) bond motifs is 1. The van der Waals surface area contributed by atoms with Crippen molar-refractivity contribution in [1.29, 1.82) is 0 Å². The molecule has 2 N–H and O–H groups in total. The van der Waals surface area contributed by atoms with Crippen LogP contribution >= 0.6 is 0 Å². The third-order valence-electron chi connectivity index (χ3n) is 5.50. The number of rotatable bonds is 2. The number of quaternary nitrogens is 1. The van der Waals surface area contributed by atoms with E-state index in [1.54, 1.807) is 4.90 Å². The van der Waals surface area contributed by atoms with Crippen molar-refractivity contribution in [2.45, 2.75) is 38.1 Å². The number of hydrogen-bond acceptors (Lipinski definition) is 3. The Kier molecular flexibility index (Phi) is 4.47. The van der Waals surface area contributed by atoms with Crippen molar-refractivity contribution in [2.75, 3.05) is 38.3 Å². The normalized spacial score (nSPS) is 21.8. The second kappa shape index (κ2) is 6.89. The number of amides is 2. The molecular weight excluding hydrogens is 306 g/mol. The highest BCUT2D eigenvalue weighted by atomic mass is 16.7. The fraction of sp³-hybridized carbons (Fsp3) is 0.611. The molecule has 2 fully saturated rings. The van der Waals surface area contributed by atoms with Crippen molar-refractivity contribution in [3.8, 4) is 11.5 Å². The maximum Gasteiger partial charge on any atom is 0.322 e. The highest BCUT2D eigenvalue weighted by Crippen LogP contribution is 2.34. The molecule has 1 aromatic rings. The third-order valence-corrected chi connectivity index (χ3v) is 5.50. The molecule has 130 valence electrons. The number of carbonyl (C=O) groups excluding carboxylic acids is 1. The van der Waals surface area contributed by atoms with E-state index in [0.717, 1.165) is 43.7 Å². The van der Waals surface area contributed by atoms with Crippen LogP contribution in [0, 0.1) is 0 Å². The minimum absolute atomic E-state index is 0.0171. The molecule has 0 radical (unpaired) electrons. The summed E-state index contributed by atoms with van der Waals surface area (Å²) in [4.78, 5) is 16.1. The maximum absolute atomic E-state index is 12.5. The first kappa shape index (κ1) is 15.6. The van der Waals surface area contributed by atoms with Crippen LogP contribution in [0.1, 0.15) is 32.1 Å². The lowest BCUT2D eigenvalue weighted by atomic mass is 9.94. The lowest BCUT2D eigenvalue weighted by Crippen LogP contribution is -3.18. The molecule has 2 heterocycles. The smallest absolute Gasteiger partial charge is 0.322 e. The van der Waals surface area contributed by atoms with Gasteiger partial charge in [0.25, 0.3) is 0 Å². The average molecular weight is 332 g/mol. The van der Waals surface area contributed by atoms with Gasteiger partial charge in [-0.1, -0.05) is 6.42 Å². The Bertz CT molecular complexity index is 593. The van der Waals surface area contributed by atoms with Crippen molar-refractivity contribution in [3.63, 3.8) is 0 Å². The molecule has 1 aliphatic carbocycles. The van der Waals surface area contributed by atoms with E-state index in [4.69, 9.17) is 9.47 Å². The first-order valence-electron chi connectivity index (χ1n) is 9.10. The Morgan fingerprint density at radius 2 is 1.83 bits per heavy atom. The van der Waals surface area contributed by atoms with Crippen molar-refractivity contribution in [2.24, 2.45) is 0 Å². The van der Waals surface area contributed by atoms with Gasteiger partial charge in [-0.2, -0.15) is 0 Å². The highest BCUT2D eigenvalue weighted by Gasteiger charge is 2.30. The van der Waals surface area contributed by atoms with E-state index in [0.29, 0.717) is 5.75 Å². The minimum atomic E-state index is -0.0171. The summed E-state index contributed by atoms with van der Waals surface area (Å²) in [5, 5.41) is 2.98. The number of nitrogens with one attached hydrogen (secondary N) is 2. The molecule has 24 heavy (non-hydrogen) atoms. The minimum Gasteiger partial charge on any atom is -0.454 e. The molecule has 1 saturated carbocycles. The van der Waals surface area contributed by atoms with E-state index >= 15 is 0 Å². The predicted octanol–water partition coefficient (Wildman–Crippen LogP) is 1.48. The number of nitrogens with zero attached hydrogens (tertiary/aromatic N) is 1. The number of anilines is 1. The first-order chi connectivity index (χ1) is 11.8. The van der Waals surface area contributed by atoms with Gasteiger partial charge in [0.2, 0.25) is 6.79 Å². The Morgan fingerprint density at radius 1 is 1.08 bits per heavy atom. The van der Waals surface area contributed by atoms with Gasteiger partial charge in [0.15, 0.2) is 11.5 Å². The second-order valence-electron chi connectivity index (χ2n) is 6.98. The van der Waals surface area contributed by atoms with Gasteiger partial charge in [-0.15, -0.1) is 0 Å². The zero-order valence-electron chi connectivity index (χ0n) is 14.1. The van der Waals surface area contributed by atoms with Crippen molar-refractivity contribution in [1.82, 2.24) is 4.90 Å². The fourth-order valence-electron chi connectivity index (χ4n) is 4.09. The maximum atomic E-state index is 12.5. The first-order valence-corrected chi connectivity index (χ1v) is 9.10. The van der Waals surface area contributed by atoms with Crippen LogP contribution in [0.3, 0.4) is 0 Å². The Hall–Kier alpha value is -1.95. The van der Waals surface area contributed by atoms with Crippen molar-refractivity contribution < 1.29 is 19.2 Å². The van der Waals surface area contributed by atoms with Gasteiger partial charge in [0.05, 0.1) is 32.2 Å². The molecule has 0 unspecified atom stereocenters. The monoisotopic (exact) mass is 332 g/mol. The largest absolute Gasteiger partial charge is 0.454 e. The number of hydrogen-bond donors (Lipinski definition) is 2. The van der Waals surface area contributed by atoms with Gasteiger partial charge >= 0.3 is 6.03 Å². The van der Waals surface area contributed by atoms with Gasteiger partial charge in [-0.3, -0.25) is 0 Å². The molecule has 2 aliphatic heterocycles. The van der Waals surface area contributed by atoms with E-state index in [9.17, 15) is 4.79 Å².